The molecule has 0 spiro atoms. The average Bonchev–Trinajstić information content (AvgIpc) is 3.04. The molecule has 1 fully saturated rings. The summed E-state index contributed by atoms with van der Waals surface area (Å²) < 4.78 is 1.65. The minimum atomic E-state index is 0.0121. The molecule has 0 amide bonds. The fourth-order valence-electron chi connectivity index (χ4n) is 3.44. The van der Waals surface area contributed by atoms with Crippen LogP contribution in [0.2, 0.25) is 0 Å². The molecule has 2 aliphatic rings. The van der Waals surface area contributed by atoms with Gasteiger partial charge in [-0.2, -0.15) is 16.9 Å². The van der Waals surface area contributed by atoms with Gasteiger partial charge in [-0.25, -0.2) is 9.67 Å². The number of aromatic nitrogens is 4. The Morgan fingerprint density at radius 2 is 2.25 bits per heavy atom. The number of hydrogen-bond donors (Lipinski definition) is 0. The molecule has 6 nitrogen and oxygen atoms in total. The molecule has 0 N–H and O–H groups in total. The Hall–Kier alpha value is -1.89. The van der Waals surface area contributed by atoms with Crippen molar-refractivity contribution in [1.29, 1.82) is 0 Å². The molecule has 24 heavy (non-hydrogen) atoms. The van der Waals surface area contributed by atoms with E-state index in [4.69, 9.17) is 0 Å². The molecular weight excluding hydrogens is 322 g/mol. The molecule has 0 saturated carbocycles. The van der Waals surface area contributed by atoms with Gasteiger partial charge in [-0.1, -0.05) is 0 Å². The second kappa shape index (κ2) is 6.55. The molecule has 2 aromatic rings. The Morgan fingerprint density at radius 3 is 3.08 bits per heavy atom. The first-order valence-corrected chi connectivity index (χ1v) is 9.59. The number of aryl methyl sites for hydroxylation is 2. The summed E-state index contributed by atoms with van der Waals surface area (Å²) in [4.78, 5) is 23.5. The van der Waals surface area contributed by atoms with Crippen LogP contribution in [0, 0.1) is 6.92 Å². The van der Waals surface area contributed by atoms with Crippen LogP contribution >= 0.6 is 11.8 Å². The minimum absolute atomic E-state index is 0.0121. The Labute approximate surface area is 145 Å². The SMILES string of the molecule is Cc1cnc(N2CCCC2Cn2nc3c(cc2=O)CSCC3)cn1. The van der Waals surface area contributed by atoms with Crippen molar-refractivity contribution in [2.24, 2.45) is 0 Å². The van der Waals surface area contributed by atoms with Gasteiger partial charge in [0, 0.05) is 24.8 Å². The fraction of sp³-hybridized carbons (Fsp3) is 0.529. The van der Waals surface area contributed by atoms with Crippen LogP contribution in [0.15, 0.2) is 23.3 Å². The standard InChI is InChI=1S/C17H21N5OS/c1-12-8-19-16(9-18-12)21-5-2-3-14(21)10-22-17(23)7-13-11-24-6-4-15(13)20-22/h7-9,14H,2-6,10-11H2,1H3. The lowest BCUT2D eigenvalue weighted by molar-refractivity contribution is 0.479. The molecule has 1 saturated heterocycles. The summed E-state index contributed by atoms with van der Waals surface area (Å²) in [5.41, 5.74) is 3.13. The zero-order valence-electron chi connectivity index (χ0n) is 13.8. The van der Waals surface area contributed by atoms with Crippen LogP contribution in [0.1, 0.15) is 29.8 Å². The van der Waals surface area contributed by atoms with E-state index in [2.05, 4.69) is 20.0 Å². The topological polar surface area (TPSA) is 63.9 Å². The second-order valence-corrected chi connectivity index (χ2v) is 7.55. The zero-order chi connectivity index (χ0) is 16.5. The lowest BCUT2D eigenvalue weighted by Gasteiger charge is -2.26. The maximum absolute atomic E-state index is 12.4. The highest BCUT2D eigenvalue weighted by molar-refractivity contribution is 7.98. The molecular formula is C17H21N5OS. The van der Waals surface area contributed by atoms with Gasteiger partial charge in [0.15, 0.2) is 0 Å². The summed E-state index contributed by atoms with van der Waals surface area (Å²) in [6, 6.07) is 2.03. The molecule has 4 rings (SSSR count). The van der Waals surface area contributed by atoms with Gasteiger partial charge in [0.2, 0.25) is 0 Å². The molecule has 7 heteroatoms. The van der Waals surface area contributed by atoms with Gasteiger partial charge >= 0.3 is 0 Å². The number of rotatable bonds is 3. The monoisotopic (exact) mass is 343 g/mol. The smallest absolute Gasteiger partial charge is 0.267 e. The first kappa shape index (κ1) is 15.6. The molecule has 0 radical (unpaired) electrons. The van der Waals surface area contributed by atoms with E-state index in [0.717, 1.165) is 60.1 Å². The van der Waals surface area contributed by atoms with Crippen LogP contribution in [-0.2, 0) is 18.7 Å². The van der Waals surface area contributed by atoms with Gasteiger partial charge in [-0.15, -0.1) is 0 Å². The number of anilines is 1. The Morgan fingerprint density at radius 1 is 1.33 bits per heavy atom. The van der Waals surface area contributed by atoms with Crippen LogP contribution in [0.3, 0.4) is 0 Å². The summed E-state index contributed by atoms with van der Waals surface area (Å²) in [5, 5.41) is 4.65. The molecule has 1 atom stereocenters. The maximum Gasteiger partial charge on any atom is 0.267 e. The third-order valence-corrected chi connectivity index (χ3v) is 5.74. The molecule has 4 heterocycles. The highest BCUT2D eigenvalue weighted by Gasteiger charge is 2.27. The normalized spacial score (nSPS) is 20.2. The molecule has 2 aromatic heterocycles. The molecule has 0 aliphatic carbocycles. The summed E-state index contributed by atoms with van der Waals surface area (Å²) in [7, 11) is 0. The predicted molar refractivity (Wildman–Crippen MR) is 95.5 cm³/mol. The lowest BCUT2D eigenvalue weighted by Crippen LogP contribution is -2.38. The highest BCUT2D eigenvalue weighted by atomic mass is 32.2. The van der Waals surface area contributed by atoms with E-state index in [-0.39, 0.29) is 11.6 Å². The van der Waals surface area contributed by atoms with Crippen LogP contribution in [-0.4, -0.2) is 38.1 Å². The van der Waals surface area contributed by atoms with E-state index in [1.807, 2.05) is 24.9 Å². The summed E-state index contributed by atoms with van der Waals surface area (Å²) in [5.74, 6) is 2.89. The van der Waals surface area contributed by atoms with Crippen molar-refractivity contribution in [1.82, 2.24) is 19.7 Å². The highest BCUT2D eigenvalue weighted by Crippen LogP contribution is 2.25. The van der Waals surface area contributed by atoms with Gasteiger partial charge in [0.1, 0.15) is 5.82 Å². The third kappa shape index (κ3) is 3.05. The van der Waals surface area contributed by atoms with Crippen molar-refractivity contribution in [3.63, 3.8) is 0 Å². The summed E-state index contributed by atoms with van der Waals surface area (Å²) in [6.45, 7) is 3.51. The maximum atomic E-state index is 12.4. The lowest BCUT2D eigenvalue weighted by atomic mass is 10.2. The van der Waals surface area contributed by atoms with Crippen molar-refractivity contribution < 1.29 is 0 Å². The number of fused-ring (bicyclic) bond motifs is 1. The van der Waals surface area contributed by atoms with Crippen LogP contribution < -0.4 is 10.5 Å². The molecule has 126 valence electrons. The largest absolute Gasteiger partial charge is 0.350 e. The number of nitrogens with zero attached hydrogens (tertiary/aromatic N) is 5. The fourth-order valence-corrected chi connectivity index (χ4v) is 4.40. The first-order chi connectivity index (χ1) is 11.7. The van der Waals surface area contributed by atoms with E-state index in [1.54, 1.807) is 16.9 Å². The van der Waals surface area contributed by atoms with E-state index in [0.29, 0.717) is 6.54 Å². The van der Waals surface area contributed by atoms with Gasteiger partial charge in [-0.05, 0) is 31.1 Å². The Kier molecular flexibility index (Phi) is 4.26. The zero-order valence-corrected chi connectivity index (χ0v) is 14.6. The van der Waals surface area contributed by atoms with E-state index >= 15 is 0 Å². The molecule has 2 aliphatic heterocycles. The van der Waals surface area contributed by atoms with Crippen molar-refractivity contribution >= 4 is 17.6 Å². The van der Waals surface area contributed by atoms with Gasteiger partial charge in [0.05, 0.1) is 36.4 Å². The third-order valence-electron chi connectivity index (χ3n) is 4.73. The van der Waals surface area contributed by atoms with Crippen molar-refractivity contribution in [3.8, 4) is 0 Å². The van der Waals surface area contributed by atoms with Crippen LogP contribution in [0.4, 0.5) is 5.82 Å². The molecule has 0 bridgehead atoms. The van der Waals surface area contributed by atoms with Crippen molar-refractivity contribution in [2.45, 2.75) is 44.5 Å². The second-order valence-electron chi connectivity index (χ2n) is 6.44. The van der Waals surface area contributed by atoms with Gasteiger partial charge < -0.3 is 4.90 Å². The Bertz CT molecular complexity index is 789. The first-order valence-electron chi connectivity index (χ1n) is 8.43. The summed E-state index contributed by atoms with van der Waals surface area (Å²) >= 11 is 1.87. The van der Waals surface area contributed by atoms with E-state index in [1.165, 1.54) is 0 Å². The quantitative estimate of drug-likeness (QED) is 0.847. The van der Waals surface area contributed by atoms with E-state index < -0.39 is 0 Å². The average molecular weight is 343 g/mol. The van der Waals surface area contributed by atoms with Gasteiger partial charge in [0.25, 0.3) is 5.56 Å². The van der Waals surface area contributed by atoms with Crippen molar-refractivity contribution in [2.75, 3.05) is 17.2 Å². The number of thioether (sulfide) groups is 1. The van der Waals surface area contributed by atoms with Crippen molar-refractivity contribution in [3.05, 3.63) is 45.8 Å². The molecule has 0 aromatic carbocycles. The van der Waals surface area contributed by atoms with Crippen LogP contribution in [0.25, 0.3) is 0 Å². The van der Waals surface area contributed by atoms with Gasteiger partial charge in [-0.3, -0.25) is 9.78 Å². The number of hydrogen-bond acceptors (Lipinski definition) is 6. The predicted octanol–water partition coefficient (Wildman–Crippen LogP) is 1.80. The van der Waals surface area contributed by atoms with E-state index in [9.17, 15) is 4.79 Å². The minimum Gasteiger partial charge on any atom is -0.350 e. The Balaban J connectivity index is 1.58. The van der Waals surface area contributed by atoms with Crippen LogP contribution in [0.5, 0.6) is 0 Å². The molecule has 1 unspecified atom stereocenters. The summed E-state index contributed by atoms with van der Waals surface area (Å²) in [6.07, 6.45) is 6.74.